The zero-order valence-electron chi connectivity index (χ0n) is 9.49. The molecule has 3 nitrogen and oxygen atoms in total. The standard InChI is InChI=1S/C12H17NO2/c1-8(2)11-10(15-9-4-5-9)6-7-13-12(11)14-3/h6-9H,4-5H2,1-3H3. The SMILES string of the molecule is COc1nccc(OC2CC2)c1C(C)C. The molecule has 0 bridgehead atoms. The predicted octanol–water partition coefficient (Wildman–Crippen LogP) is 2.75. The van der Waals surface area contributed by atoms with E-state index in [1.807, 2.05) is 6.07 Å². The molecule has 1 aromatic heterocycles. The molecule has 3 heteroatoms. The minimum Gasteiger partial charge on any atom is -0.490 e. The normalized spacial score (nSPS) is 15.5. The van der Waals surface area contributed by atoms with Gasteiger partial charge in [0.05, 0.1) is 18.8 Å². The molecule has 0 radical (unpaired) electrons. The maximum Gasteiger partial charge on any atom is 0.220 e. The molecule has 2 rings (SSSR count). The number of ether oxygens (including phenoxy) is 2. The first-order valence-electron chi connectivity index (χ1n) is 5.42. The van der Waals surface area contributed by atoms with Crippen LogP contribution in [0.3, 0.4) is 0 Å². The van der Waals surface area contributed by atoms with E-state index >= 15 is 0 Å². The van der Waals surface area contributed by atoms with E-state index in [0.29, 0.717) is 17.9 Å². The van der Waals surface area contributed by atoms with E-state index in [9.17, 15) is 0 Å². The number of hydrogen-bond donors (Lipinski definition) is 0. The van der Waals surface area contributed by atoms with Crippen molar-refractivity contribution in [1.29, 1.82) is 0 Å². The van der Waals surface area contributed by atoms with Gasteiger partial charge in [0, 0.05) is 6.20 Å². The van der Waals surface area contributed by atoms with Crippen molar-refractivity contribution < 1.29 is 9.47 Å². The number of pyridine rings is 1. The van der Waals surface area contributed by atoms with E-state index in [0.717, 1.165) is 11.3 Å². The van der Waals surface area contributed by atoms with Crippen molar-refractivity contribution in [3.8, 4) is 11.6 Å². The van der Waals surface area contributed by atoms with Crippen LogP contribution in [0.1, 0.15) is 38.2 Å². The Morgan fingerprint density at radius 3 is 2.67 bits per heavy atom. The average Bonchev–Trinajstić information content (AvgIpc) is 3.01. The molecule has 0 aliphatic heterocycles. The molecule has 0 atom stereocenters. The summed E-state index contributed by atoms with van der Waals surface area (Å²) in [6.45, 7) is 4.25. The van der Waals surface area contributed by atoms with E-state index < -0.39 is 0 Å². The van der Waals surface area contributed by atoms with Crippen molar-refractivity contribution in [2.75, 3.05) is 7.11 Å². The fourth-order valence-electron chi connectivity index (χ4n) is 1.60. The maximum atomic E-state index is 5.84. The zero-order valence-corrected chi connectivity index (χ0v) is 9.49. The van der Waals surface area contributed by atoms with Gasteiger partial charge in [0.1, 0.15) is 5.75 Å². The van der Waals surface area contributed by atoms with E-state index in [4.69, 9.17) is 9.47 Å². The second kappa shape index (κ2) is 4.09. The van der Waals surface area contributed by atoms with Crippen LogP contribution in [0.5, 0.6) is 11.6 Å². The Morgan fingerprint density at radius 1 is 1.40 bits per heavy atom. The molecule has 1 fully saturated rings. The Kier molecular flexibility index (Phi) is 2.80. The summed E-state index contributed by atoms with van der Waals surface area (Å²) in [6, 6.07) is 1.93. The van der Waals surface area contributed by atoms with Crippen molar-refractivity contribution in [2.45, 2.75) is 38.7 Å². The lowest BCUT2D eigenvalue weighted by molar-refractivity contribution is 0.293. The van der Waals surface area contributed by atoms with Crippen LogP contribution in [0.2, 0.25) is 0 Å². The molecule has 1 saturated carbocycles. The molecule has 1 aromatic rings. The minimum absolute atomic E-state index is 0.363. The van der Waals surface area contributed by atoms with Crippen LogP contribution in [0.4, 0.5) is 0 Å². The molecule has 0 unspecified atom stereocenters. The van der Waals surface area contributed by atoms with Crippen molar-refractivity contribution in [2.24, 2.45) is 0 Å². The summed E-state index contributed by atoms with van der Waals surface area (Å²) in [4.78, 5) is 4.20. The number of hydrogen-bond acceptors (Lipinski definition) is 3. The van der Waals surface area contributed by atoms with Gasteiger partial charge in [-0.2, -0.15) is 0 Å². The highest BCUT2D eigenvalue weighted by atomic mass is 16.5. The maximum absolute atomic E-state index is 5.84. The third-order valence-electron chi connectivity index (χ3n) is 2.50. The lowest BCUT2D eigenvalue weighted by Crippen LogP contribution is -2.04. The minimum atomic E-state index is 0.363. The Balaban J connectivity index is 2.32. The van der Waals surface area contributed by atoms with E-state index in [1.54, 1.807) is 13.3 Å². The third kappa shape index (κ3) is 2.22. The van der Waals surface area contributed by atoms with Crippen LogP contribution in [0, 0.1) is 0 Å². The van der Waals surface area contributed by atoms with Crippen molar-refractivity contribution in [3.63, 3.8) is 0 Å². The fourth-order valence-corrected chi connectivity index (χ4v) is 1.60. The highest BCUT2D eigenvalue weighted by Crippen LogP contribution is 2.36. The number of aromatic nitrogens is 1. The Hall–Kier alpha value is -1.25. The van der Waals surface area contributed by atoms with Gasteiger partial charge in [0.25, 0.3) is 0 Å². The van der Waals surface area contributed by atoms with Crippen LogP contribution in [-0.4, -0.2) is 18.2 Å². The topological polar surface area (TPSA) is 31.4 Å². The first-order chi connectivity index (χ1) is 7.22. The summed E-state index contributed by atoms with van der Waals surface area (Å²) >= 11 is 0. The molecule has 82 valence electrons. The molecule has 0 aromatic carbocycles. The van der Waals surface area contributed by atoms with Crippen LogP contribution in [-0.2, 0) is 0 Å². The lowest BCUT2D eigenvalue weighted by Gasteiger charge is -2.15. The van der Waals surface area contributed by atoms with Gasteiger partial charge in [-0.1, -0.05) is 13.8 Å². The highest BCUT2D eigenvalue weighted by molar-refractivity contribution is 5.42. The first-order valence-corrected chi connectivity index (χ1v) is 5.42. The summed E-state index contributed by atoms with van der Waals surface area (Å²) in [5.74, 6) is 1.98. The fraction of sp³-hybridized carbons (Fsp3) is 0.583. The Bertz CT molecular complexity index is 345. The number of rotatable bonds is 4. The van der Waals surface area contributed by atoms with Gasteiger partial charge >= 0.3 is 0 Å². The third-order valence-corrected chi connectivity index (χ3v) is 2.50. The van der Waals surface area contributed by atoms with E-state index in [-0.39, 0.29) is 0 Å². The van der Waals surface area contributed by atoms with Gasteiger partial charge in [-0.25, -0.2) is 4.98 Å². The van der Waals surface area contributed by atoms with Gasteiger partial charge in [-0.15, -0.1) is 0 Å². The molecule has 1 aliphatic carbocycles. The Labute approximate surface area is 90.4 Å². The second-order valence-corrected chi connectivity index (χ2v) is 4.20. The lowest BCUT2D eigenvalue weighted by atomic mass is 10.0. The molecule has 0 N–H and O–H groups in total. The molecule has 1 heterocycles. The first kappa shape index (κ1) is 10.3. The molecule has 0 spiro atoms. The van der Waals surface area contributed by atoms with E-state index in [1.165, 1.54) is 12.8 Å². The van der Waals surface area contributed by atoms with Gasteiger partial charge in [0.15, 0.2) is 0 Å². The van der Waals surface area contributed by atoms with Crippen molar-refractivity contribution >= 4 is 0 Å². The quantitative estimate of drug-likeness (QED) is 0.760. The van der Waals surface area contributed by atoms with Crippen molar-refractivity contribution in [1.82, 2.24) is 4.98 Å². The number of nitrogens with zero attached hydrogens (tertiary/aromatic N) is 1. The largest absolute Gasteiger partial charge is 0.490 e. The van der Waals surface area contributed by atoms with Crippen LogP contribution in [0.15, 0.2) is 12.3 Å². The smallest absolute Gasteiger partial charge is 0.220 e. The van der Waals surface area contributed by atoms with E-state index in [2.05, 4.69) is 18.8 Å². The average molecular weight is 207 g/mol. The summed E-state index contributed by atoms with van der Waals surface area (Å²) in [5, 5.41) is 0. The monoisotopic (exact) mass is 207 g/mol. The summed E-state index contributed by atoms with van der Waals surface area (Å²) < 4.78 is 11.1. The summed E-state index contributed by atoms with van der Waals surface area (Å²) in [6.07, 6.45) is 4.49. The Morgan fingerprint density at radius 2 is 2.13 bits per heavy atom. The molecule has 0 saturated heterocycles. The van der Waals surface area contributed by atoms with Gasteiger partial charge in [-0.3, -0.25) is 0 Å². The molecular weight excluding hydrogens is 190 g/mol. The summed E-state index contributed by atoms with van der Waals surface area (Å²) in [7, 11) is 1.65. The van der Waals surface area contributed by atoms with Gasteiger partial charge < -0.3 is 9.47 Å². The van der Waals surface area contributed by atoms with Crippen molar-refractivity contribution in [3.05, 3.63) is 17.8 Å². The van der Waals surface area contributed by atoms with Crippen LogP contribution < -0.4 is 9.47 Å². The molecule has 1 aliphatic rings. The van der Waals surface area contributed by atoms with Crippen LogP contribution in [0.25, 0.3) is 0 Å². The second-order valence-electron chi connectivity index (χ2n) is 4.20. The van der Waals surface area contributed by atoms with Crippen LogP contribution >= 0.6 is 0 Å². The molecule has 15 heavy (non-hydrogen) atoms. The highest BCUT2D eigenvalue weighted by Gasteiger charge is 2.26. The zero-order chi connectivity index (χ0) is 10.8. The molecular formula is C12H17NO2. The molecule has 0 amide bonds. The van der Waals surface area contributed by atoms with Gasteiger partial charge in [-0.05, 0) is 24.8 Å². The predicted molar refractivity (Wildman–Crippen MR) is 58.5 cm³/mol. The number of methoxy groups -OCH3 is 1. The van der Waals surface area contributed by atoms with Gasteiger partial charge in [0.2, 0.25) is 5.88 Å². The summed E-state index contributed by atoms with van der Waals surface area (Å²) in [5.41, 5.74) is 1.08.